The van der Waals surface area contributed by atoms with Gasteiger partial charge in [-0.1, -0.05) is 6.92 Å². The number of likely N-dealkylation sites (N-methyl/N-ethyl adjacent to an activating group) is 1. The lowest BCUT2D eigenvalue weighted by Gasteiger charge is -2.15. The maximum absolute atomic E-state index is 8.90. The maximum Gasteiger partial charge on any atom is 0.151 e. The molecular formula is C13H19N5O. The van der Waals surface area contributed by atoms with Crippen LogP contribution in [0.25, 0.3) is 11.4 Å². The molecule has 0 aliphatic rings. The highest BCUT2D eigenvalue weighted by molar-refractivity contribution is 5.55. The van der Waals surface area contributed by atoms with E-state index in [2.05, 4.69) is 22.2 Å². The lowest BCUT2D eigenvalue weighted by molar-refractivity contribution is 0.303. The Balaban J connectivity index is 2.20. The number of aliphatic hydroxyl groups excluding tert-OH is 1. The molecule has 2 rings (SSSR count). The lowest BCUT2D eigenvalue weighted by Crippen LogP contribution is -2.22. The molecule has 0 unspecified atom stereocenters. The largest absolute Gasteiger partial charge is 0.395 e. The molecule has 0 aliphatic heterocycles. The van der Waals surface area contributed by atoms with Gasteiger partial charge < -0.3 is 10.0 Å². The summed E-state index contributed by atoms with van der Waals surface area (Å²) in [6, 6.07) is 5.78. The molecule has 0 radical (unpaired) electrons. The zero-order valence-electron chi connectivity index (χ0n) is 11.3. The quantitative estimate of drug-likeness (QED) is 0.845. The van der Waals surface area contributed by atoms with Crippen molar-refractivity contribution in [2.45, 2.75) is 19.9 Å². The molecule has 0 aromatic carbocycles. The minimum Gasteiger partial charge on any atom is -0.395 e. The Kier molecular flexibility index (Phi) is 4.46. The van der Waals surface area contributed by atoms with E-state index >= 15 is 0 Å². The Morgan fingerprint density at radius 1 is 1.26 bits per heavy atom. The highest BCUT2D eigenvalue weighted by atomic mass is 16.3. The van der Waals surface area contributed by atoms with Crippen LogP contribution < -0.4 is 4.90 Å². The van der Waals surface area contributed by atoms with Gasteiger partial charge in [-0.2, -0.15) is 5.10 Å². The van der Waals surface area contributed by atoms with Crippen LogP contribution in [-0.4, -0.2) is 45.3 Å². The van der Waals surface area contributed by atoms with Crippen LogP contribution in [0.3, 0.4) is 0 Å². The molecule has 0 saturated heterocycles. The van der Waals surface area contributed by atoms with E-state index < -0.39 is 0 Å². The number of rotatable bonds is 6. The van der Waals surface area contributed by atoms with Gasteiger partial charge in [-0.3, -0.25) is 4.68 Å². The maximum atomic E-state index is 8.90. The molecule has 0 bridgehead atoms. The van der Waals surface area contributed by atoms with Crippen LogP contribution in [0.1, 0.15) is 13.3 Å². The first kappa shape index (κ1) is 13.5. The number of aryl methyl sites for hydroxylation is 1. The molecular weight excluding hydrogens is 242 g/mol. The van der Waals surface area contributed by atoms with Gasteiger partial charge in [0, 0.05) is 26.3 Å². The summed E-state index contributed by atoms with van der Waals surface area (Å²) in [4.78, 5) is 1.86. The Morgan fingerprint density at radius 3 is 2.74 bits per heavy atom. The molecule has 2 aromatic heterocycles. The fraction of sp³-hybridized carbons (Fsp3) is 0.462. The molecule has 0 spiro atoms. The molecule has 6 nitrogen and oxygen atoms in total. The monoisotopic (exact) mass is 261 g/mol. The topological polar surface area (TPSA) is 67.1 Å². The van der Waals surface area contributed by atoms with Crippen LogP contribution >= 0.6 is 0 Å². The highest BCUT2D eigenvalue weighted by Gasteiger charge is 2.08. The predicted octanol–water partition coefficient (Wildman–Crippen LogP) is 1.18. The summed E-state index contributed by atoms with van der Waals surface area (Å²) in [7, 11) is 1.88. The van der Waals surface area contributed by atoms with E-state index in [1.54, 1.807) is 6.20 Å². The van der Waals surface area contributed by atoms with Crippen molar-refractivity contribution in [3.8, 4) is 11.4 Å². The van der Waals surface area contributed by atoms with E-state index in [0.29, 0.717) is 6.54 Å². The lowest BCUT2D eigenvalue weighted by atomic mass is 10.3. The number of anilines is 1. The standard InChI is InChI=1S/C13H19N5O/c1-3-8-18-12(6-7-14-18)11-4-5-13(16-15-11)17(2)9-10-19/h4-7,19H,3,8-10H2,1-2H3. The van der Waals surface area contributed by atoms with Crippen LogP contribution in [0, 0.1) is 0 Å². The van der Waals surface area contributed by atoms with Crippen molar-refractivity contribution in [2.24, 2.45) is 0 Å². The Morgan fingerprint density at radius 2 is 2.11 bits per heavy atom. The summed E-state index contributed by atoms with van der Waals surface area (Å²) < 4.78 is 1.93. The van der Waals surface area contributed by atoms with Gasteiger partial charge in [0.1, 0.15) is 5.69 Å². The number of nitrogens with zero attached hydrogens (tertiary/aromatic N) is 5. The van der Waals surface area contributed by atoms with Crippen LogP contribution in [0.2, 0.25) is 0 Å². The minimum absolute atomic E-state index is 0.100. The summed E-state index contributed by atoms with van der Waals surface area (Å²) in [5, 5.41) is 21.6. The molecule has 1 N–H and O–H groups in total. The van der Waals surface area contributed by atoms with Crippen molar-refractivity contribution in [2.75, 3.05) is 25.1 Å². The molecule has 102 valence electrons. The zero-order chi connectivity index (χ0) is 13.7. The first-order chi connectivity index (χ1) is 9.26. The summed E-state index contributed by atoms with van der Waals surface area (Å²) in [5.41, 5.74) is 1.79. The smallest absolute Gasteiger partial charge is 0.151 e. The summed E-state index contributed by atoms with van der Waals surface area (Å²) >= 11 is 0. The molecule has 0 aliphatic carbocycles. The molecule has 0 fully saturated rings. The van der Waals surface area contributed by atoms with Gasteiger partial charge in [0.15, 0.2) is 5.82 Å². The predicted molar refractivity (Wildman–Crippen MR) is 73.9 cm³/mol. The molecule has 0 atom stereocenters. The molecule has 2 heterocycles. The average Bonchev–Trinajstić information content (AvgIpc) is 2.88. The molecule has 19 heavy (non-hydrogen) atoms. The van der Waals surface area contributed by atoms with Gasteiger partial charge in [0.05, 0.1) is 12.3 Å². The van der Waals surface area contributed by atoms with Crippen molar-refractivity contribution >= 4 is 5.82 Å². The molecule has 0 saturated carbocycles. The van der Waals surface area contributed by atoms with Crippen LogP contribution in [0.5, 0.6) is 0 Å². The Bertz CT molecular complexity index is 508. The fourth-order valence-electron chi connectivity index (χ4n) is 1.87. The van der Waals surface area contributed by atoms with E-state index in [1.807, 2.05) is 34.8 Å². The summed E-state index contributed by atoms with van der Waals surface area (Å²) in [6.07, 6.45) is 2.80. The number of aromatic nitrogens is 4. The third-order valence-corrected chi connectivity index (χ3v) is 2.89. The van der Waals surface area contributed by atoms with Crippen molar-refractivity contribution in [1.29, 1.82) is 0 Å². The number of hydrogen-bond donors (Lipinski definition) is 1. The van der Waals surface area contributed by atoms with Gasteiger partial charge in [-0.05, 0) is 24.6 Å². The van der Waals surface area contributed by atoms with Crippen molar-refractivity contribution in [1.82, 2.24) is 20.0 Å². The van der Waals surface area contributed by atoms with E-state index in [0.717, 1.165) is 30.2 Å². The average molecular weight is 261 g/mol. The second kappa shape index (κ2) is 6.29. The van der Waals surface area contributed by atoms with Crippen molar-refractivity contribution in [3.63, 3.8) is 0 Å². The first-order valence-electron chi connectivity index (χ1n) is 6.44. The van der Waals surface area contributed by atoms with Gasteiger partial charge in [0.25, 0.3) is 0 Å². The second-order valence-electron chi connectivity index (χ2n) is 4.36. The zero-order valence-corrected chi connectivity index (χ0v) is 11.3. The third-order valence-electron chi connectivity index (χ3n) is 2.89. The second-order valence-corrected chi connectivity index (χ2v) is 4.36. The van der Waals surface area contributed by atoms with E-state index in [-0.39, 0.29) is 6.61 Å². The number of hydrogen-bond acceptors (Lipinski definition) is 5. The van der Waals surface area contributed by atoms with E-state index in [1.165, 1.54) is 0 Å². The Hall–Kier alpha value is -1.95. The minimum atomic E-state index is 0.100. The van der Waals surface area contributed by atoms with Crippen LogP contribution in [0.15, 0.2) is 24.4 Å². The van der Waals surface area contributed by atoms with Gasteiger partial charge >= 0.3 is 0 Å². The van der Waals surface area contributed by atoms with Crippen molar-refractivity contribution < 1.29 is 5.11 Å². The van der Waals surface area contributed by atoms with Crippen LogP contribution in [-0.2, 0) is 6.54 Å². The summed E-state index contributed by atoms with van der Waals surface area (Å²) in [6.45, 7) is 3.63. The van der Waals surface area contributed by atoms with Crippen LogP contribution in [0.4, 0.5) is 5.82 Å². The van der Waals surface area contributed by atoms with Gasteiger partial charge in [-0.25, -0.2) is 0 Å². The number of aliphatic hydroxyl groups is 1. The SMILES string of the molecule is CCCn1nccc1-c1ccc(N(C)CCO)nn1. The summed E-state index contributed by atoms with van der Waals surface area (Å²) in [5.74, 6) is 0.749. The van der Waals surface area contributed by atoms with Crippen molar-refractivity contribution in [3.05, 3.63) is 24.4 Å². The molecule has 0 amide bonds. The first-order valence-corrected chi connectivity index (χ1v) is 6.44. The molecule has 2 aromatic rings. The molecule has 6 heteroatoms. The van der Waals surface area contributed by atoms with E-state index in [9.17, 15) is 0 Å². The van der Waals surface area contributed by atoms with E-state index in [4.69, 9.17) is 5.11 Å². The normalized spacial score (nSPS) is 10.7. The Labute approximate surface area is 112 Å². The third kappa shape index (κ3) is 3.08. The highest BCUT2D eigenvalue weighted by Crippen LogP contribution is 2.18. The van der Waals surface area contributed by atoms with Gasteiger partial charge in [-0.15, -0.1) is 10.2 Å². The van der Waals surface area contributed by atoms with Gasteiger partial charge in [0.2, 0.25) is 0 Å². The fourth-order valence-corrected chi connectivity index (χ4v) is 1.87.